The summed E-state index contributed by atoms with van der Waals surface area (Å²) in [5.41, 5.74) is 4.37. The first-order valence-electron chi connectivity index (χ1n) is 3.38. The molecule has 13 heavy (non-hydrogen) atoms. The van der Waals surface area contributed by atoms with E-state index in [1.54, 1.807) is 0 Å². The van der Waals surface area contributed by atoms with Crippen molar-refractivity contribution in [3.63, 3.8) is 0 Å². The SMILES string of the molecule is Nc1cnc(CCl)c(O)c1C(F)F. The smallest absolute Gasteiger partial charge is 0.269 e. The Balaban J connectivity index is 3.30. The predicted molar refractivity (Wildman–Crippen MR) is 44.8 cm³/mol. The summed E-state index contributed by atoms with van der Waals surface area (Å²) in [5.74, 6) is -0.753. The molecule has 0 aliphatic rings. The monoisotopic (exact) mass is 208 g/mol. The van der Waals surface area contributed by atoms with Crippen LogP contribution in [0.15, 0.2) is 6.20 Å². The van der Waals surface area contributed by atoms with Gasteiger partial charge in [0.1, 0.15) is 5.75 Å². The van der Waals surface area contributed by atoms with Crippen molar-refractivity contribution in [3.8, 4) is 5.75 Å². The Labute approximate surface area is 78.1 Å². The Bertz CT molecular complexity index is 320. The van der Waals surface area contributed by atoms with Crippen molar-refractivity contribution in [2.75, 3.05) is 5.73 Å². The summed E-state index contributed by atoms with van der Waals surface area (Å²) >= 11 is 5.35. The maximum absolute atomic E-state index is 12.3. The number of pyridine rings is 1. The maximum Gasteiger partial charge on any atom is 0.269 e. The number of hydrogen-bond acceptors (Lipinski definition) is 3. The molecule has 0 aliphatic heterocycles. The highest BCUT2D eigenvalue weighted by Crippen LogP contribution is 2.34. The molecule has 0 unspecified atom stereocenters. The molecule has 3 N–H and O–H groups in total. The Morgan fingerprint density at radius 2 is 2.23 bits per heavy atom. The molecule has 1 aromatic rings. The molecule has 0 aliphatic carbocycles. The van der Waals surface area contributed by atoms with E-state index >= 15 is 0 Å². The zero-order chi connectivity index (χ0) is 10.0. The molecule has 0 saturated carbocycles. The summed E-state index contributed by atoms with van der Waals surface area (Å²) in [6, 6.07) is 0. The summed E-state index contributed by atoms with van der Waals surface area (Å²) in [4.78, 5) is 3.60. The molecule has 0 aromatic carbocycles. The van der Waals surface area contributed by atoms with E-state index in [1.807, 2.05) is 0 Å². The number of nitrogens with two attached hydrogens (primary N) is 1. The van der Waals surface area contributed by atoms with Crippen LogP contribution in [0.4, 0.5) is 14.5 Å². The van der Waals surface area contributed by atoms with E-state index in [2.05, 4.69) is 4.98 Å². The molecular formula is C7H7ClF2N2O. The summed E-state index contributed by atoms with van der Waals surface area (Å²) < 4.78 is 24.6. The third-order valence-corrected chi connectivity index (χ3v) is 1.80. The first-order valence-corrected chi connectivity index (χ1v) is 3.91. The molecule has 0 bridgehead atoms. The first-order chi connectivity index (χ1) is 6.07. The van der Waals surface area contributed by atoms with Gasteiger partial charge >= 0.3 is 0 Å². The molecule has 1 rings (SSSR count). The fourth-order valence-electron chi connectivity index (χ4n) is 0.897. The normalized spacial score (nSPS) is 10.8. The van der Waals surface area contributed by atoms with E-state index in [0.29, 0.717) is 0 Å². The van der Waals surface area contributed by atoms with Gasteiger partial charge in [0.05, 0.1) is 29.0 Å². The molecule has 0 radical (unpaired) electrons. The van der Waals surface area contributed by atoms with Crippen molar-refractivity contribution in [2.45, 2.75) is 12.3 Å². The number of aromatic hydroxyl groups is 1. The maximum atomic E-state index is 12.3. The minimum Gasteiger partial charge on any atom is -0.505 e. The molecule has 0 fully saturated rings. The topological polar surface area (TPSA) is 59.1 Å². The minimum absolute atomic E-state index is 0.00571. The average Bonchev–Trinajstić information content (AvgIpc) is 2.04. The van der Waals surface area contributed by atoms with Crippen molar-refractivity contribution in [2.24, 2.45) is 0 Å². The van der Waals surface area contributed by atoms with Gasteiger partial charge in [0.2, 0.25) is 0 Å². The number of nitrogens with zero attached hydrogens (tertiary/aromatic N) is 1. The van der Waals surface area contributed by atoms with Crippen LogP contribution in [0.2, 0.25) is 0 Å². The summed E-state index contributed by atoms with van der Waals surface area (Å²) in [7, 11) is 0. The number of anilines is 1. The Morgan fingerprint density at radius 1 is 1.62 bits per heavy atom. The molecule has 0 amide bonds. The van der Waals surface area contributed by atoms with E-state index < -0.39 is 17.7 Å². The first kappa shape index (κ1) is 9.98. The third-order valence-electron chi connectivity index (χ3n) is 1.54. The van der Waals surface area contributed by atoms with E-state index in [1.165, 1.54) is 0 Å². The number of nitrogen functional groups attached to an aromatic ring is 1. The zero-order valence-corrected chi connectivity index (χ0v) is 7.22. The number of rotatable bonds is 2. The van der Waals surface area contributed by atoms with Crippen molar-refractivity contribution >= 4 is 17.3 Å². The highest BCUT2D eigenvalue weighted by atomic mass is 35.5. The lowest BCUT2D eigenvalue weighted by molar-refractivity contribution is 0.148. The molecule has 0 saturated heterocycles. The second-order valence-corrected chi connectivity index (χ2v) is 2.62. The van der Waals surface area contributed by atoms with Gasteiger partial charge in [-0.15, -0.1) is 11.6 Å². The lowest BCUT2D eigenvalue weighted by Gasteiger charge is -2.08. The third kappa shape index (κ3) is 1.80. The summed E-state index contributed by atoms with van der Waals surface area (Å²) in [6.45, 7) is 0. The number of alkyl halides is 3. The molecule has 0 spiro atoms. The van der Waals surface area contributed by atoms with Crippen molar-refractivity contribution in [1.29, 1.82) is 0 Å². The van der Waals surface area contributed by atoms with Gasteiger partial charge in [-0.25, -0.2) is 8.78 Å². The van der Waals surface area contributed by atoms with E-state index in [4.69, 9.17) is 17.3 Å². The van der Waals surface area contributed by atoms with Crippen LogP contribution in [0.3, 0.4) is 0 Å². The Kier molecular flexibility index (Phi) is 2.87. The number of aromatic nitrogens is 1. The largest absolute Gasteiger partial charge is 0.505 e. The van der Waals surface area contributed by atoms with Crippen LogP contribution in [0, 0.1) is 0 Å². The van der Waals surface area contributed by atoms with Gasteiger partial charge in [0, 0.05) is 0 Å². The summed E-state index contributed by atoms with van der Waals surface area (Å²) in [5, 5.41) is 9.23. The quantitative estimate of drug-likeness (QED) is 0.732. The molecule has 6 heteroatoms. The number of halogens is 3. The highest BCUT2D eigenvalue weighted by Gasteiger charge is 2.19. The average molecular weight is 209 g/mol. The Morgan fingerprint density at radius 3 is 2.69 bits per heavy atom. The van der Waals surface area contributed by atoms with Crippen molar-refractivity contribution in [1.82, 2.24) is 4.98 Å². The lowest BCUT2D eigenvalue weighted by atomic mass is 10.2. The van der Waals surface area contributed by atoms with Gasteiger partial charge in [-0.2, -0.15) is 0 Å². The summed E-state index contributed by atoms with van der Waals surface area (Å²) in [6.07, 6.45) is -1.77. The van der Waals surface area contributed by atoms with Crippen LogP contribution >= 0.6 is 11.6 Å². The minimum atomic E-state index is -2.83. The fraction of sp³-hybridized carbons (Fsp3) is 0.286. The highest BCUT2D eigenvalue weighted by molar-refractivity contribution is 6.17. The van der Waals surface area contributed by atoms with E-state index in [9.17, 15) is 13.9 Å². The van der Waals surface area contributed by atoms with Crippen LogP contribution in [-0.4, -0.2) is 10.1 Å². The van der Waals surface area contributed by atoms with Gasteiger partial charge in [0.15, 0.2) is 0 Å². The zero-order valence-electron chi connectivity index (χ0n) is 6.47. The van der Waals surface area contributed by atoms with Gasteiger partial charge in [-0.1, -0.05) is 0 Å². The second-order valence-electron chi connectivity index (χ2n) is 2.36. The van der Waals surface area contributed by atoms with Crippen molar-refractivity contribution < 1.29 is 13.9 Å². The molecule has 1 heterocycles. The lowest BCUT2D eigenvalue weighted by Crippen LogP contribution is -1.99. The number of hydrogen-bond donors (Lipinski definition) is 2. The fourth-order valence-corrected chi connectivity index (χ4v) is 1.09. The van der Waals surface area contributed by atoms with Crippen LogP contribution in [0.5, 0.6) is 5.75 Å². The van der Waals surface area contributed by atoms with Gasteiger partial charge < -0.3 is 10.8 Å². The van der Waals surface area contributed by atoms with Gasteiger partial charge in [0.25, 0.3) is 6.43 Å². The van der Waals surface area contributed by atoms with Crippen LogP contribution in [0.1, 0.15) is 17.7 Å². The molecule has 72 valence electrons. The molecule has 1 aromatic heterocycles. The standard InChI is InChI=1S/C7H7ClF2N2O/c8-1-4-6(13)5(7(9)10)3(11)2-12-4/h2,7,13H,1,11H2. The van der Waals surface area contributed by atoms with Crippen LogP contribution < -0.4 is 5.73 Å². The molecule has 0 atom stereocenters. The molecular weight excluding hydrogens is 202 g/mol. The van der Waals surface area contributed by atoms with Gasteiger partial charge in [-0.05, 0) is 0 Å². The van der Waals surface area contributed by atoms with Crippen LogP contribution in [0.25, 0.3) is 0 Å². The van der Waals surface area contributed by atoms with Crippen LogP contribution in [-0.2, 0) is 5.88 Å². The predicted octanol–water partition coefficient (Wildman–Crippen LogP) is 2.05. The van der Waals surface area contributed by atoms with E-state index in [-0.39, 0.29) is 17.3 Å². The Hall–Kier alpha value is -1.10. The second kappa shape index (κ2) is 3.74. The van der Waals surface area contributed by atoms with Gasteiger partial charge in [-0.3, -0.25) is 4.98 Å². The van der Waals surface area contributed by atoms with Crippen molar-refractivity contribution in [3.05, 3.63) is 17.5 Å². The van der Waals surface area contributed by atoms with E-state index in [0.717, 1.165) is 6.20 Å². The molecule has 3 nitrogen and oxygen atoms in total.